The summed E-state index contributed by atoms with van der Waals surface area (Å²) in [4.78, 5) is 13.6. The van der Waals surface area contributed by atoms with Crippen LogP contribution in [0.3, 0.4) is 0 Å². The number of nitrogens with one attached hydrogen (secondary N) is 1. The molecule has 0 aliphatic carbocycles. The van der Waals surface area contributed by atoms with Crippen molar-refractivity contribution in [3.8, 4) is 17.6 Å². The molecule has 6 heteroatoms. The molecule has 1 unspecified atom stereocenters. The van der Waals surface area contributed by atoms with Gasteiger partial charge in [0.05, 0.1) is 5.52 Å². The first-order valence-electron chi connectivity index (χ1n) is 10.0. The predicted octanol–water partition coefficient (Wildman–Crippen LogP) is 3.74. The first kappa shape index (κ1) is 20.2. The minimum atomic E-state index is -1.77. The SMILES string of the molecule is CC(C)NC(=O)C(C#Cc1ccccc1)(Oc1ccccc1)n1nnc2ccccc21. The van der Waals surface area contributed by atoms with Crippen LogP contribution in [0.4, 0.5) is 0 Å². The molecule has 4 rings (SSSR count). The van der Waals surface area contributed by atoms with E-state index in [1.54, 1.807) is 12.1 Å². The van der Waals surface area contributed by atoms with Crippen LogP contribution in [0.5, 0.6) is 5.75 Å². The Hall–Kier alpha value is -4.11. The van der Waals surface area contributed by atoms with Crippen LogP contribution in [0.2, 0.25) is 0 Å². The van der Waals surface area contributed by atoms with E-state index in [4.69, 9.17) is 4.74 Å². The standard InChI is InChI=1S/C25H22N4O2/c1-19(2)26-24(30)25(31-21-13-7-4-8-14-21,18-17-20-11-5-3-6-12-20)29-23-16-10-9-15-22(23)27-28-29/h3-16,19H,1-2H3,(H,26,30). The zero-order valence-corrected chi connectivity index (χ0v) is 17.3. The molecule has 0 saturated carbocycles. The average Bonchev–Trinajstić information content (AvgIpc) is 3.22. The normalized spacial score (nSPS) is 12.6. The molecule has 0 aliphatic rings. The minimum Gasteiger partial charge on any atom is -0.447 e. The van der Waals surface area contributed by atoms with Crippen molar-refractivity contribution in [3.05, 3.63) is 90.5 Å². The molecule has 1 heterocycles. The third kappa shape index (κ3) is 4.26. The number of fused-ring (bicyclic) bond motifs is 1. The van der Waals surface area contributed by atoms with Gasteiger partial charge in [0.1, 0.15) is 11.3 Å². The second-order valence-corrected chi connectivity index (χ2v) is 7.29. The largest absolute Gasteiger partial charge is 0.447 e. The molecule has 3 aromatic carbocycles. The molecule has 0 bridgehead atoms. The Labute approximate surface area is 180 Å². The quantitative estimate of drug-likeness (QED) is 0.509. The van der Waals surface area contributed by atoms with E-state index in [0.717, 1.165) is 5.56 Å². The van der Waals surface area contributed by atoms with E-state index in [9.17, 15) is 4.79 Å². The summed E-state index contributed by atoms with van der Waals surface area (Å²) < 4.78 is 7.76. The molecule has 0 radical (unpaired) electrons. The van der Waals surface area contributed by atoms with Gasteiger partial charge < -0.3 is 10.1 Å². The van der Waals surface area contributed by atoms with Crippen LogP contribution in [-0.2, 0) is 10.5 Å². The van der Waals surface area contributed by atoms with Crippen molar-refractivity contribution in [2.45, 2.75) is 25.6 Å². The van der Waals surface area contributed by atoms with Gasteiger partial charge in [-0.1, -0.05) is 59.7 Å². The Kier molecular flexibility index (Phi) is 5.67. The number of hydrogen-bond acceptors (Lipinski definition) is 4. The molecule has 0 saturated heterocycles. The van der Waals surface area contributed by atoms with E-state index < -0.39 is 11.6 Å². The highest BCUT2D eigenvalue weighted by Gasteiger charge is 2.44. The number of amides is 1. The Bertz CT molecular complexity index is 1240. The summed E-state index contributed by atoms with van der Waals surface area (Å²) in [5.74, 6) is 6.23. The van der Waals surface area contributed by atoms with Crippen molar-refractivity contribution >= 4 is 16.9 Å². The van der Waals surface area contributed by atoms with Gasteiger partial charge in [0.15, 0.2) is 0 Å². The van der Waals surface area contributed by atoms with Crippen LogP contribution in [0.25, 0.3) is 11.0 Å². The van der Waals surface area contributed by atoms with Crippen LogP contribution in [0, 0.1) is 11.8 Å². The van der Waals surface area contributed by atoms with Crippen LogP contribution in [-0.4, -0.2) is 26.9 Å². The zero-order chi connectivity index (χ0) is 21.7. The lowest BCUT2D eigenvalue weighted by Gasteiger charge is -2.29. The van der Waals surface area contributed by atoms with Crippen LogP contribution >= 0.6 is 0 Å². The second kappa shape index (κ2) is 8.72. The van der Waals surface area contributed by atoms with Crippen molar-refractivity contribution < 1.29 is 9.53 Å². The summed E-state index contributed by atoms with van der Waals surface area (Å²) in [5, 5.41) is 11.4. The van der Waals surface area contributed by atoms with Gasteiger partial charge in [-0.2, -0.15) is 4.68 Å². The molecular weight excluding hydrogens is 388 g/mol. The molecular formula is C25H22N4O2. The molecule has 1 N–H and O–H groups in total. The topological polar surface area (TPSA) is 69.0 Å². The van der Waals surface area contributed by atoms with E-state index in [1.165, 1.54) is 4.68 Å². The van der Waals surface area contributed by atoms with E-state index in [-0.39, 0.29) is 6.04 Å². The Morgan fingerprint density at radius 3 is 2.32 bits per heavy atom. The number of benzene rings is 3. The number of aromatic nitrogens is 3. The molecule has 1 amide bonds. The monoisotopic (exact) mass is 410 g/mol. The summed E-state index contributed by atoms with van der Waals surface area (Å²) in [6, 6.07) is 25.8. The van der Waals surface area contributed by atoms with Gasteiger partial charge in [0, 0.05) is 11.6 Å². The number of hydrogen-bond donors (Lipinski definition) is 1. The fraction of sp³-hybridized carbons (Fsp3) is 0.160. The maximum absolute atomic E-state index is 13.6. The van der Waals surface area contributed by atoms with Crippen LogP contribution in [0.1, 0.15) is 19.4 Å². The molecule has 1 atom stereocenters. The van der Waals surface area contributed by atoms with E-state index in [2.05, 4.69) is 27.5 Å². The van der Waals surface area contributed by atoms with Crippen LogP contribution in [0.15, 0.2) is 84.9 Å². The first-order valence-corrected chi connectivity index (χ1v) is 10.0. The summed E-state index contributed by atoms with van der Waals surface area (Å²) in [7, 11) is 0. The Morgan fingerprint density at radius 1 is 0.968 bits per heavy atom. The van der Waals surface area contributed by atoms with Crippen molar-refractivity contribution in [2.24, 2.45) is 0 Å². The lowest BCUT2D eigenvalue weighted by molar-refractivity contribution is -0.140. The van der Waals surface area contributed by atoms with E-state index >= 15 is 0 Å². The van der Waals surface area contributed by atoms with Crippen molar-refractivity contribution in [1.82, 2.24) is 20.3 Å². The third-order valence-electron chi connectivity index (χ3n) is 4.54. The fourth-order valence-electron chi connectivity index (χ4n) is 3.12. The van der Waals surface area contributed by atoms with E-state index in [1.807, 2.05) is 86.6 Å². The number of rotatable bonds is 5. The maximum Gasteiger partial charge on any atom is 0.348 e. The van der Waals surface area contributed by atoms with Crippen LogP contribution < -0.4 is 10.1 Å². The van der Waals surface area contributed by atoms with Gasteiger partial charge in [-0.25, -0.2) is 0 Å². The predicted molar refractivity (Wildman–Crippen MR) is 119 cm³/mol. The zero-order valence-electron chi connectivity index (χ0n) is 17.3. The van der Waals surface area contributed by atoms with Crippen molar-refractivity contribution in [3.63, 3.8) is 0 Å². The smallest absolute Gasteiger partial charge is 0.348 e. The molecule has 6 nitrogen and oxygen atoms in total. The molecule has 0 fully saturated rings. The fourth-order valence-corrected chi connectivity index (χ4v) is 3.12. The van der Waals surface area contributed by atoms with E-state index in [0.29, 0.717) is 16.8 Å². The molecule has 31 heavy (non-hydrogen) atoms. The average molecular weight is 410 g/mol. The number of nitrogens with zero attached hydrogens (tertiary/aromatic N) is 3. The minimum absolute atomic E-state index is 0.125. The molecule has 0 aliphatic heterocycles. The van der Waals surface area contributed by atoms with Gasteiger partial charge in [0.25, 0.3) is 0 Å². The molecule has 0 spiro atoms. The second-order valence-electron chi connectivity index (χ2n) is 7.29. The number of para-hydroxylation sites is 2. The first-order chi connectivity index (χ1) is 15.1. The van der Waals surface area contributed by atoms with Gasteiger partial charge in [-0.05, 0) is 56.2 Å². The lowest BCUT2D eigenvalue weighted by Crippen LogP contribution is -2.54. The third-order valence-corrected chi connectivity index (χ3v) is 4.54. The number of carbonyl (C=O) groups excluding carboxylic acids is 1. The van der Waals surface area contributed by atoms with Crippen molar-refractivity contribution in [2.75, 3.05) is 0 Å². The summed E-state index contributed by atoms with van der Waals surface area (Å²) >= 11 is 0. The summed E-state index contributed by atoms with van der Waals surface area (Å²) in [6.45, 7) is 3.77. The highest BCUT2D eigenvalue weighted by Crippen LogP contribution is 2.26. The molecule has 1 aromatic heterocycles. The highest BCUT2D eigenvalue weighted by atomic mass is 16.5. The van der Waals surface area contributed by atoms with Gasteiger partial charge in [0.2, 0.25) is 0 Å². The molecule has 154 valence electrons. The lowest BCUT2D eigenvalue weighted by atomic mass is 10.1. The maximum atomic E-state index is 13.6. The van der Waals surface area contributed by atoms with Crippen molar-refractivity contribution in [1.29, 1.82) is 0 Å². The van der Waals surface area contributed by atoms with Gasteiger partial charge in [-0.3, -0.25) is 4.79 Å². The van der Waals surface area contributed by atoms with Gasteiger partial charge >= 0.3 is 11.6 Å². The number of carbonyl (C=O) groups is 1. The summed E-state index contributed by atoms with van der Waals surface area (Å²) in [5.41, 5.74) is 0.268. The Morgan fingerprint density at radius 2 is 1.61 bits per heavy atom. The summed E-state index contributed by atoms with van der Waals surface area (Å²) in [6.07, 6.45) is 0. The Balaban J connectivity index is 1.95. The highest BCUT2D eigenvalue weighted by molar-refractivity contribution is 5.89. The van der Waals surface area contributed by atoms with Gasteiger partial charge in [-0.15, -0.1) is 5.10 Å². The molecule has 4 aromatic rings. The number of ether oxygens (including phenoxy) is 1.